The van der Waals surface area contributed by atoms with Crippen LogP contribution in [0.4, 0.5) is 5.69 Å². The Morgan fingerprint density at radius 1 is 1.14 bits per heavy atom. The molecule has 0 spiro atoms. The van der Waals surface area contributed by atoms with Crippen molar-refractivity contribution in [1.29, 1.82) is 0 Å². The number of nitrogens with one attached hydrogen (secondary N) is 1. The molecule has 0 radical (unpaired) electrons. The van der Waals surface area contributed by atoms with Gasteiger partial charge in [-0.2, -0.15) is 0 Å². The van der Waals surface area contributed by atoms with Gasteiger partial charge in [-0.1, -0.05) is 31.5 Å². The first-order valence-electron chi connectivity index (χ1n) is 6.93. The van der Waals surface area contributed by atoms with Crippen molar-refractivity contribution in [2.24, 2.45) is 5.14 Å². The second-order valence-corrected chi connectivity index (χ2v) is 6.54. The monoisotopic (exact) mass is 318 g/mol. The van der Waals surface area contributed by atoms with Crippen molar-refractivity contribution in [2.75, 3.05) is 5.32 Å². The van der Waals surface area contributed by atoms with Crippen LogP contribution in [0.15, 0.2) is 53.4 Å². The summed E-state index contributed by atoms with van der Waals surface area (Å²) in [6.07, 6.45) is 2.02. The largest absolute Gasteiger partial charge is 0.322 e. The molecule has 0 unspecified atom stereocenters. The standard InChI is InChI=1S/C16H18N2O3S/c1-2-4-12-7-9-13(10-8-12)16(19)18-14-5-3-6-15(11-14)22(17,20)21/h3,5-11H,2,4H2,1H3,(H,18,19)(H2,17,20,21). The summed E-state index contributed by atoms with van der Waals surface area (Å²) >= 11 is 0. The quantitative estimate of drug-likeness (QED) is 0.887. The van der Waals surface area contributed by atoms with E-state index in [0.717, 1.165) is 12.8 Å². The third-order valence-corrected chi connectivity index (χ3v) is 4.09. The van der Waals surface area contributed by atoms with Gasteiger partial charge in [0.25, 0.3) is 5.91 Å². The van der Waals surface area contributed by atoms with Crippen LogP contribution in [0.2, 0.25) is 0 Å². The number of carbonyl (C=O) groups is 1. The van der Waals surface area contributed by atoms with Gasteiger partial charge in [0.15, 0.2) is 0 Å². The normalized spacial score (nSPS) is 11.2. The van der Waals surface area contributed by atoms with Gasteiger partial charge in [-0.3, -0.25) is 4.79 Å². The smallest absolute Gasteiger partial charge is 0.255 e. The van der Waals surface area contributed by atoms with E-state index in [9.17, 15) is 13.2 Å². The Morgan fingerprint density at radius 2 is 1.82 bits per heavy atom. The maximum Gasteiger partial charge on any atom is 0.255 e. The summed E-state index contributed by atoms with van der Waals surface area (Å²) in [5, 5.41) is 7.74. The molecule has 0 aliphatic carbocycles. The van der Waals surface area contributed by atoms with Crippen LogP contribution in [0.1, 0.15) is 29.3 Å². The number of anilines is 1. The minimum absolute atomic E-state index is 0.0383. The molecule has 2 aromatic carbocycles. The first-order chi connectivity index (χ1) is 10.4. The van der Waals surface area contributed by atoms with E-state index in [1.807, 2.05) is 12.1 Å². The van der Waals surface area contributed by atoms with Crippen molar-refractivity contribution in [3.63, 3.8) is 0 Å². The van der Waals surface area contributed by atoms with Crippen LogP contribution in [0, 0.1) is 0 Å². The van der Waals surface area contributed by atoms with E-state index in [1.54, 1.807) is 18.2 Å². The highest BCUT2D eigenvalue weighted by Crippen LogP contribution is 2.15. The fourth-order valence-corrected chi connectivity index (χ4v) is 2.63. The lowest BCUT2D eigenvalue weighted by atomic mass is 10.1. The van der Waals surface area contributed by atoms with Gasteiger partial charge >= 0.3 is 0 Å². The second-order valence-electron chi connectivity index (χ2n) is 4.97. The molecule has 2 rings (SSSR count). The molecule has 3 N–H and O–H groups in total. The third kappa shape index (κ3) is 4.16. The summed E-state index contributed by atoms with van der Waals surface area (Å²) < 4.78 is 22.6. The Kier molecular flexibility index (Phi) is 4.95. The van der Waals surface area contributed by atoms with Crippen LogP contribution in [0.3, 0.4) is 0 Å². The van der Waals surface area contributed by atoms with Gasteiger partial charge in [0.1, 0.15) is 0 Å². The van der Waals surface area contributed by atoms with Crippen LogP contribution in [0.5, 0.6) is 0 Å². The fraction of sp³-hybridized carbons (Fsp3) is 0.188. The number of hydrogen-bond donors (Lipinski definition) is 2. The Labute approximate surface area is 130 Å². The van der Waals surface area contributed by atoms with Crippen molar-refractivity contribution in [3.8, 4) is 0 Å². The number of primary sulfonamides is 1. The van der Waals surface area contributed by atoms with E-state index in [-0.39, 0.29) is 10.8 Å². The molecule has 22 heavy (non-hydrogen) atoms. The topological polar surface area (TPSA) is 89.3 Å². The molecule has 0 heterocycles. The molecule has 0 fully saturated rings. The Morgan fingerprint density at radius 3 is 2.41 bits per heavy atom. The first kappa shape index (κ1) is 16.2. The van der Waals surface area contributed by atoms with Gasteiger partial charge < -0.3 is 5.32 Å². The number of carbonyl (C=O) groups excluding carboxylic acids is 1. The zero-order valence-electron chi connectivity index (χ0n) is 12.2. The lowest BCUT2D eigenvalue weighted by Crippen LogP contribution is -2.14. The molecule has 0 atom stereocenters. The predicted octanol–water partition coefficient (Wildman–Crippen LogP) is 2.54. The van der Waals surface area contributed by atoms with Crippen molar-refractivity contribution >= 4 is 21.6 Å². The highest BCUT2D eigenvalue weighted by molar-refractivity contribution is 7.89. The Balaban J connectivity index is 2.15. The number of rotatable bonds is 5. The summed E-state index contributed by atoms with van der Waals surface area (Å²) in [5.41, 5.74) is 2.07. The maximum absolute atomic E-state index is 12.2. The molecule has 116 valence electrons. The molecule has 0 saturated carbocycles. The van der Waals surface area contributed by atoms with Crippen molar-refractivity contribution in [2.45, 2.75) is 24.7 Å². The van der Waals surface area contributed by atoms with Gasteiger partial charge in [0.2, 0.25) is 10.0 Å². The SMILES string of the molecule is CCCc1ccc(C(=O)Nc2cccc(S(N)(=O)=O)c2)cc1. The Hall–Kier alpha value is -2.18. The van der Waals surface area contributed by atoms with E-state index in [0.29, 0.717) is 11.3 Å². The minimum atomic E-state index is -3.79. The molecule has 0 bridgehead atoms. The molecule has 0 aliphatic heterocycles. The predicted molar refractivity (Wildman–Crippen MR) is 86.2 cm³/mol. The summed E-state index contributed by atoms with van der Waals surface area (Å²) in [7, 11) is -3.79. The fourth-order valence-electron chi connectivity index (χ4n) is 2.07. The van der Waals surface area contributed by atoms with Gasteiger partial charge in [0.05, 0.1) is 4.90 Å². The van der Waals surface area contributed by atoms with Crippen molar-refractivity contribution in [3.05, 3.63) is 59.7 Å². The van der Waals surface area contributed by atoms with E-state index < -0.39 is 10.0 Å². The molecule has 6 heteroatoms. The van der Waals surface area contributed by atoms with E-state index >= 15 is 0 Å². The zero-order chi connectivity index (χ0) is 16.2. The number of benzene rings is 2. The van der Waals surface area contributed by atoms with E-state index in [2.05, 4.69) is 12.2 Å². The lowest BCUT2D eigenvalue weighted by molar-refractivity contribution is 0.102. The number of aryl methyl sites for hydroxylation is 1. The highest BCUT2D eigenvalue weighted by atomic mass is 32.2. The molecule has 0 saturated heterocycles. The molecule has 2 aromatic rings. The lowest BCUT2D eigenvalue weighted by Gasteiger charge is -2.07. The van der Waals surface area contributed by atoms with Crippen LogP contribution in [-0.4, -0.2) is 14.3 Å². The summed E-state index contributed by atoms with van der Waals surface area (Å²) in [4.78, 5) is 12.1. The van der Waals surface area contributed by atoms with Gasteiger partial charge in [-0.15, -0.1) is 0 Å². The van der Waals surface area contributed by atoms with E-state index in [1.165, 1.54) is 23.8 Å². The van der Waals surface area contributed by atoms with Crippen LogP contribution >= 0.6 is 0 Å². The third-order valence-electron chi connectivity index (χ3n) is 3.18. The maximum atomic E-state index is 12.2. The van der Waals surface area contributed by atoms with Gasteiger partial charge in [-0.25, -0.2) is 13.6 Å². The molecule has 0 aliphatic rings. The Bertz CT molecular complexity index is 768. The van der Waals surface area contributed by atoms with Crippen molar-refractivity contribution < 1.29 is 13.2 Å². The van der Waals surface area contributed by atoms with Crippen LogP contribution < -0.4 is 10.5 Å². The van der Waals surface area contributed by atoms with Crippen molar-refractivity contribution in [1.82, 2.24) is 0 Å². The van der Waals surface area contributed by atoms with Crippen LogP contribution in [-0.2, 0) is 16.4 Å². The minimum Gasteiger partial charge on any atom is -0.322 e. The molecular formula is C16H18N2O3S. The average Bonchev–Trinajstić information content (AvgIpc) is 2.48. The highest BCUT2D eigenvalue weighted by Gasteiger charge is 2.10. The molecule has 5 nitrogen and oxygen atoms in total. The summed E-state index contributed by atoms with van der Waals surface area (Å²) in [6, 6.07) is 13.2. The zero-order valence-corrected chi connectivity index (χ0v) is 13.1. The number of hydrogen-bond acceptors (Lipinski definition) is 3. The second kappa shape index (κ2) is 6.72. The molecular weight excluding hydrogens is 300 g/mol. The molecule has 1 amide bonds. The average molecular weight is 318 g/mol. The number of amides is 1. The number of nitrogens with two attached hydrogens (primary N) is 1. The summed E-state index contributed by atoms with van der Waals surface area (Å²) in [6.45, 7) is 2.10. The first-order valence-corrected chi connectivity index (χ1v) is 8.48. The van der Waals surface area contributed by atoms with Crippen LogP contribution in [0.25, 0.3) is 0 Å². The van der Waals surface area contributed by atoms with E-state index in [4.69, 9.17) is 5.14 Å². The summed E-state index contributed by atoms with van der Waals surface area (Å²) in [5.74, 6) is -0.297. The molecule has 0 aromatic heterocycles. The van der Waals surface area contributed by atoms with Gasteiger partial charge in [0, 0.05) is 11.3 Å². The number of sulfonamides is 1. The van der Waals surface area contributed by atoms with Gasteiger partial charge in [-0.05, 0) is 42.3 Å².